The second kappa shape index (κ2) is 8.67. The zero-order valence-corrected chi connectivity index (χ0v) is 16.7. The number of rotatable bonds is 6. The number of benzene rings is 2. The number of carbonyl (C=O) groups excluding carboxylic acids is 1. The van der Waals surface area contributed by atoms with Crippen LogP contribution in [0.2, 0.25) is 0 Å². The Morgan fingerprint density at radius 2 is 1.89 bits per heavy atom. The van der Waals surface area contributed by atoms with Gasteiger partial charge in [0.2, 0.25) is 5.91 Å². The van der Waals surface area contributed by atoms with Crippen molar-refractivity contribution in [2.24, 2.45) is 0 Å². The van der Waals surface area contributed by atoms with Crippen LogP contribution in [0.25, 0.3) is 11.0 Å². The van der Waals surface area contributed by atoms with Crippen LogP contribution in [0.4, 0.5) is 11.4 Å². The molecule has 6 nitrogen and oxygen atoms in total. The first-order chi connectivity index (χ1) is 13.7. The van der Waals surface area contributed by atoms with E-state index in [2.05, 4.69) is 15.2 Å². The SMILES string of the molecule is CSCc1nc2ccccc2n1CC(=O)Nc1ccc(N2CCOCC2)cc1. The fourth-order valence-corrected chi connectivity index (χ4v) is 3.94. The summed E-state index contributed by atoms with van der Waals surface area (Å²) in [6.45, 7) is 3.57. The predicted molar refractivity (Wildman–Crippen MR) is 115 cm³/mol. The van der Waals surface area contributed by atoms with E-state index in [4.69, 9.17) is 4.74 Å². The first kappa shape index (κ1) is 18.8. The van der Waals surface area contributed by atoms with E-state index in [0.29, 0.717) is 0 Å². The number of carbonyl (C=O) groups is 1. The molecule has 1 N–H and O–H groups in total. The number of thioether (sulfide) groups is 1. The van der Waals surface area contributed by atoms with Gasteiger partial charge in [0.25, 0.3) is 0 Å². The van der Waals surface area contributed by atoms with Gasteiger partial charge in [0.05, 0.1) is 30.0 Å². The van der Waals surface area contributed by atoms with Crippen molar-refractivity contribution in [1.82, 2.24) is 9.55 Å². The van der Waals surface area contributed by atoms with E-state index in [1.807, 2.05) is 59.4 Å². The molecule has 28 heavy (non-hydrogen) atoms. The summed E-state index contributed by atoms with van der Waals surface area (Å²) in [4.78, 5) is 19.6. The molecule has 4 rings (SSSR count). The monoisotopic (exact) mass is 396 g/mol. The molecule has 146 valence electrons. The topological polar surface area (TPSA) is 59.4 Å². The van der Waals surface area contributed by atoms with Crippen molar-refractivity contribution >= 4 is 40.1 Å². The van der Waals surface area contributed by atoms with Crippen LogP contribution < -0.4 is 10.2 Å². The van der Waals surface area contributed by atoms with Crippen LogP contribution in [0.5, 0.6) is 0 Å². The van der Waals surface area contributed by atoms with Gasteiger partial charge in [-0.25, -0.2) is 4.98 Å². The number of imidazole rings is 1. The molecule has 0 spiro atoms. The minimum Gasteiger partial charge on any atom is -0.378 e. The molecule has 1 aliphatic rings. The molecule has 2 aromatic carbocycles. The fraction of sp³-hybridized carbons (Fsp3) is 0.333. The van der Waals surface area contributed by atoms with Gasteiger partial charge >= 0.3 is 0 Å². The van der Waals surface area contributed by atoms with Gasteiger partial charge in [-0.15, -0.1) is 0 Å². The van der Waals surface area contributed by atoms with E-state index in [1.54, 1.807) is 11.8 Å². The van der Waals surface area contributed by atoms with Crippen LogP contribution in [0.15, 0.2) is 48.5 Å². The quantitative estimate of drug-likeness (QED) is 0.692. The first-order valence-electron chi connectivity index (χ1n) is 9.40. The Labute approximate surface area is 168 Å². The molecule has 2 heterocycles. The Morgan fingerprint density at radius 1 is 1.14 bits per heavy atom. The van der Waals surface area contributed by atoms with Gasteiger partial charge < -0.3 is 19.5 Å². The molecule has 0 unspecified atom stereocenters. The smallest absolute Gasteiger partial charge is 0.244 e. The predicted octanol–water partition coefficient (Wildman–Crippen LogP) is 3.37. The lowest BCUT2D eigenvalue weighted by atomic mass is 10.2. The van der Waals surface area contributed by atoms with Crippen LogP contribution >= 0.6 is 11.8 Å². The van der Waals surface area contributed by atoms with Gasteiger partial charge in [-0.1, -0.05) is 12.1 Å². The van der Waals surface area contributed by atoms with E-state index >= 15 is 0 Å². The molecule has 0 saturated carbocycles. The normalized spacial score (nSPS) is 14.4. The Morgan fingerprint density at radius 3 is 2.64 bits per heavy atom. The number of aromatic nitrogens is 2. The molecule has 3 aromatic rings. The number of fused-ring (bicyclic) bond motifs is 1. The first-order valence-corrected chi connectivity index (χ1v) is 10.8. The Hall–Kier alpha value is -2.51. The van der Waals surface area contributed by atoms with Crippen LogP contribution in [-0.2, 0) is 21.8 Å². The Bertz CT molecular complexity index is 949. The number of nitrogens with one attached hydrogen (secondary N) is 1. The maximum absolute atomic E-state index is 12.7. The Kier molecular flexibility index (Phi) is 5.83. The third-order valence-corrected chi connectivity index (χ3v) is 5.38. The molecule has 0 radical (unpaired) electrons. The highest BCUT2D eigenvalue weighted by atomic mass is 32.2. The lowest BCUT2D eigenvalue weighted by Crippen LogP contribution is -2.36. The van der Waals surface area contributed by atoms with Crippen molar-refractivity contribution < 1.29 is 9.53 Å². The zero-order valence-electron chi connectivity index (χ0n) is 15.9. The number of ether oxygens (including phenoxy) is 1. The van der Waals surface area contributed by atoms with Gasteiger partial charge in [-0.2, -0.15) is 11.8 Å². The third kappa shape index (κ3) is 4.15. The molecule has 0 bridgehead atoms. The molecule has 0 aliphatic carbocycles. The average molecular weight is 397 g/mol. The minimum atomic E-state index is -0.0513. The van der Waals surface area contributed by atoms with Crippen LogP contribution in [0.1, 0.15) is 5.82 Å². The highest BCUT2D eigenvalue weighted by Gasteiger charge is 2.14. The number of anilines is 2. The summed E-state index contributed by atoms with van der Waals surface area (Å²) in [5.41, 5.74) is 3.88. The lowest BCUT2D eigenvalue weighted by Gasteiger charge is -2.28. The van der Waals surface area contributed by atoms with Crippen molar-refractivity contribution in [3.05, 3.63) is 54.4 Å². The zero-order chi connectivity index (χ0) is 19.3. The summed E-state index contributed by atoms with van der Waals surface area (Å²) < 4.78 is 7.40. The van der Waals surface area contributed by atoms with Crippen LogP contribution in [-0.4, -0.2) is 48.0 Å². The highest BCUT2D eigenvalue weighted by molar-refractivity contribution is 7.97. The van der Waals surface area contributed by atoms with Crippen LogP contribution in [0.3, 0.4) is 0 Å². The van der Waals surface area contributed by atoms with E-state index < -0.39 is 0 Å². The summed E-state index contributed by atoms with van der Waals surface area (Å²) in [6.07, 6.45) is 2.04. The van der Waals surface area contributed by atoms with Gasteiger partial charge in [-0.3, -0.25) is 4.79 Å². The Balaban J connectivity index is 1.46. The summed E-state index contributed by atoms with van der Waals surface area (Å²) in [5.74, 6) is 1.65. The summed E-state index contributed by atoms with van der Waals surface area (Å²) >= 11 is 1.70. The summed E-state index contributed by atoms with van der Waals surface area (Å²) in [6, 6.07) is 16.0. The highest BCUT2D eigenvalue weighted by Crippen LogP contribution is 2.21. The summed E-state index contributed by atoms with van der Waals surface area (Å²) in [7, 11) is 0. The van der Waals surface area contributed by atoms with E-state index in [9.17, 15) is 4.79 Å². The number of hydrogen-bond acceptors (Lipinski definition) is 5. The van der Waals surface area contributed by atoms with Crippen molar-refractivity contribution in [1.29, 1.82) is 0 Å². The molecular weight excluding hydrogens is 372 g/mol. The molecular formula is C21H24N4O2S. The molecule has 7 heteroatoms. The number of nitrogens with zero attached hydrogens (tertiary/aromatic N) is 3. The van der Waals surface area contributed by atoms with E-state index in [1.165, 1.54) is 0 Å². The second-order valence-corrected chi connectivity index (χ2v) is 7.60. The van der Waals surface area contributed by atoms with E-state index in [-0.39, 0.29) is 12.5 Å². The largest absolute Gasteiger partial charge is 0.378 e. The molecule has 1 aliphatic heterocycles. The van der Waals surface area contributed by atoms with Crippen molar-refractivity contribution in [3.8, 4) is 0 Å². The minimum absolute atomic E-state index is 0.0513. The van der Waals surface area contributed by atoms with Gasteiger partial charge in [-0.05, 0) is 42.7 Å². The third-order valence-electron chi connectivity index (χ3n) is 4.84. The molecule has 1 saturated heterocycles. The maximum Gasteiger partial charge on any atom is 0.244 e. The van der Waals surface area contributed by atoms with Crippen molar-refractivity contribution in [2.45, 2.75) is 12.3 Å². The standard InChI is InChI=1S/C21H24N4O2S/c1-28-15-20-23-18-4-2-3-5-19(18)25(20)14-21(26)22-16-6-8-17(9-7-16)24-10-12-27-13-11-24/h2-9H,10-15H2,1H3,(H,22,26). The van der Waals surface area contributed by atoms with Crippen LogP contribution in [0, 0.1) is 0 Å². The van der Waals surface area contributed by atoms with Gasteiger partial charge in [0.15, 0.2) is 0 Å². The fourth-order valence-electron chi connectivity index (χ4n) is 3.46. The number of amides is 1. The number of hydrogen-bond donors (Lipinski definition) is 1. The van der Waals surface area contributed by atoms with Gasteiger partial charge in [0, 0.05) is 24.5 Å². The number of para-hydroxylation sites is 2. The second-order valence-electron chi connectivity index (χ2n) is 6.73. The maximum atomic E-state index is 12.7. The lowest BCUT2D eigenvalue weighted by molar-refractivity contribution is -0.116. The van der Waals surface area contributed by atoms with Crippen molar-refractivity contribution in [3.63, 3.8) is 0 Å². The average Bonchev–Trinajstić information content (AvgIpc) is 3.07. The van der Waals surface area contributed by atoms with Gasteiger partial charge in [0.1, 0.15) is 12.4 Å². The van der Waals surface area contributed by atoms with E-state index in [0.717, 1.165) is 60.3 Å². The molecule has 0 atom stereocenters. The molecule has 1 aromatic heterocycles. The molecule has 1 fully saturated rings. The van der Waals surface area contributed by atoms with Crippen molar-refractivity contribution in [2.75, 3.05) is 42.8 Å². The molecule has 1 amide bonds. The summed E-state index contributed by atoms with van der Waals surface area (Å²) in [5, 5.41) is 3.01. The number of morpholine rings is 1.